The van der Waals surface area contributed by atoms with E-state index in [4.69, 9.17) is 5.84 Å². The van der Waals surface area contributed by atoms with E-state index in [9.17, 15) is 13.2 Å². The van der Waals surface area contributed by atoms with E-state index in [0.29, 0.717) is 16.8 Å². The summed E-state index contributed by atoms with van der Waals surface area (Å²) in [5.74, 6) is 4.63. The van der Waals surface area contributed by atoms with Crippen LogP contribution in [0.3, 0.4) is 0 Å². The average Bonchev–Trinajstić information content (AvgIpc) is 3.14. The molecule has 1 heterocycles. The first-order chi connectivity index (χ1) is 12.9. The molecular formula is C19H19N3O3S2. The normalized spacial score (nSPS) is 11.2. The number of thiophene rings is 1. The molecule has 1 aromatic heterocycles. The van der Waals surface area contributed by atoms with E-state index >= 15 is 0 Å². The molecule has 0 aliphatic rings. The van der Waals surface area contributed by atoms with E-state index in [0.717, 1.165) is 16.9 Å². The molecule has 0 spiro atoms. The van der Waals surface area contributed by atoms with Crippen molar-refractivity contribution in [1.82, 2.24) is 5.43 Å². The molecule has 27 heavy (non-hydrogen) atoms. The third-order valence-corrected chi connectivity index (χ3v) is 7.16. The van der Waals surface area contributed by atoms with E-state index in [1.807, 2.05) is 42.7 Å². The predicted molar refractivity (Wildman–Crippen MR) is 108 cm³/mol. The number of nitrogens with one attached hydrogen (secondary N) is 1. The summed E-state index contributed by atoms with van der Waals surface area (Å²) in [7, 11) is -2.53. The number of anilines is 1. The molecule has 0 fully saturated rings. The van der Waals surface area contributed by atoms with Crippen molar-refractivity contribution in [1.29, 1.82) is 0 Å². The quantitative estimate of drug-likeness (QED) is 0.390. The standard InChI is InChI=1S/C19H19N3O3S2/c1-13-8-10-15(11-9-13)22(2)27(24,25)18-16(14-6-4-3-5-7-14)12-26-17(18)19(23)21-20/h3-12H,20H2,1-2H3,(H,21,23). The van der Waals surface area contributed by atoms with E-state index in [1.165, 1.54) is 11.4 Å². The second-order valence-corrected chi connectivity index (χ2v) is 8.74. The van der Waals surface area contributed by atoms with Gasteiger partial charge in [0.1, 0.15) is 9.77 Å². The smallest absolute Gasteiger partial charge is 0.276 e. The van der Waals surface area contributed by atoms with Crippen molar-refractivity contribution in [2.24, 2.45) is 5.84 Å². The summed E-state index contributed by atoms with van der Waals surface area (Å²) in [6.07, 6.45) is 0. The van der Waals surface area contributed by atoms with Crippen molar-refractivity contribution in [3.8, 4) is 11.1 Å². The zero-order valence-electron chi connectivity index (χ0n) is 14.8. The van der Waals surface area contributed by atoms with Gasteiger partial charge in [-0.15, -0.1) is 11.3 Å². The minimum absolute atomic E-state index is 0.0512. The Morgan fingerprint density at radius 2 is 1.70 bits per heavy atom. The summed E-state index contributed by atoms with van der Waals surface area (Å²) in [5, 5.41) is 1.66. The number of rotatable bonds is 5. The zero-order valence-corrected chi connectivity index (χ0v) is 16.5. The number of hydrogen-bond donors (Lipinski definition) is 2. The van der Waals surface area contributed by atoms with E-state index in [2.05, 4.69) is 0 Å². The van der Waals surface area contributed by atoms with Gasteiger partial charge in [0.05, 0.1) is 5.69 Å². The van der Waals surface area contributed by atoms with E-state index in [1.54, 1.807) is 29.6 Å². The minimum atomic E-state index is -4.00. The van der Waals surface area contributed by atoms with Gasteiger partial charge in [0.25, 0.3) is 15.9 Å². The van der Waals surface area contributed by atoms with Crippen LogP contribution >= 0.6 is 11.3 Å². The number of benzene rings is 2. The summed E-state index contributed by atoms with van der Waals surface area (Å²) in [6, 6.07) is 16.2. The Hall–Kier alpha value is -2.68. The van der Waals surface area contributed by atoms with Crippen LogP contribution in [0.1, 0.15) is 15.2 Å². The molecule has 140 valence electrons. The van der Waals surface area contributed by atoms with Crippen LogP contribution in [0, 0.1) is 6.92 Å². The fourth-order valence-electron chi connectivity index (χ4n) is 2.67. The fraction of sp³-hybridized carbons (Fsp3) is 0.105. The molecule has 3 rings (SSSR count). The predicted octanol–water partition coefficient (Wildman–Crippen LogP) is 3.15. The third-order valence-electron chi connectivity index (χ3n) is 4.18. The maximum Gasteiger partial charge on any atom is 0.276 e. The van der Waals surface area contributed by atoms with Gasteiger partial charge in [0, 0.05) is 18.0 Å². The largest absolute Gasteiger partial charge is 0.289 e. The minimum Gasteiger partial charge on any atom is -0.289 e. The van der Waals surface area contributed by atoms with Crippen LogP contribution in [0.2, 0.25) is 0 Å². The second kappa shape index (κ2) is 7.51. The number of hydrogen-bond acceptors (Lipinski definition) is 5. The van der Waals surface area contributed by atoms with Crippen molar-refractivity contribution < 1.29 is 13.2 Å². The van der Waals surface area contributed by atoms with Gasteiger partial charge >= 0.3 is 0 Å². The summed E-state index contributed by atoms with van der Waals surface area (Å²) in [6.45, 7) is 1.92. The fourth-order valence-corrected chi connectivity index (χ4v) is 5.53. The Morgan fingerprint density at radius 1 is 1.07 bits per heavy atom. The summed E-state index contributed by atoms with van der Waals surface area (Å²) in [5.41, 5.74) is 4.74. The van der Waals surface area contributed by atoms with Gasteiger partial charge in [-0.3, -0.25) is 14.5 Å². The van der Waals surface area contributed by atoms with Crippen molar-refractivity contribution in [3.05, 3.63) is 70.4 Å². The van der Waals surface area contributed by atoms with Crippen molar-refractivity contribution in [2.75, 3.05) is 11.4 Å². The molecule has 0 unspecified atom stereocenters. The lowest BCUT2D eigenvalue weighted by Crippen LogP contribution is -2.33. The summed E-state index contributed by atoms with van der Waals surface area (Å²) < 4.78 is 28.0. The number of amides is 1. The highest BCUT2D eigenvalue weighted by atomic mass is 32.2. The highest BCUT2D eigenvalue weighted by Crippen LogP contribution is 2.37. The molecule has 6 nitrogen and oxygen atoms in total. The number of carbonyl (C=O) groups is 1. The average molecular weight is 402 g/mol. The van der Waals surface area contributed by atoms with Crippen LogP contribution in [-0.2, 0) is 10.0 Å². The molecule has 3 aromatic rings. The van der Waals surface area contributed by atoms with E-state index in [-0.39, 0.29) is 9.77 Å². The molecule has 0 saturated heterocycles. The Morgan fingerprint density at radius 3 is 2.30 bits per heavy atom. The highest BCUT2D eigenvalue weighted by molar-refractivity contribution is 7.93. The Labute approximate surface area is 162 Å². The topological polar surface area (TPSA) is 92.5 Å². The number of hydrazine groups is 1. The first-order valence-electron chi connectivity index (χ1n) is 8.09. The lowest BCUT2D eigenvalue weighted by atomic mass is 10.1. The maximum atomic E-state index is 13.4. The van der Waals surface area contributed by atoms with Gasteiger partial charge in [0.15, 0.2) is 0 Å². The SMILES string of the molecule is Cc1ccc(N(C)S(=O)(=O)c2c(-c3ccccc3)csc2C(=O)NN)cc1. The molecule has 2 aromatic carbocycles. The molecule has 0 atom stereocenters. The van der Waals surface area contributed by atoms with Crippen molar-refractivity contribution in [3.63, 3.8) is 0 Å². The Bertz CT molecular complexity index is 1060. The van der Waals surface area contributed by atoms with Crippen LogP contribution in [-0.4, -0.2) is 21.4 Å². The lowest BCUT2D eigenvalue weighted by Gasteiger charge is -2.21. The lowest BCUT2D eigenvalue weighted by molar-refractivity contribution is 0.0955. The number of nitrogens with two attached hydrogens (primary N) is 1. The van der Waals surface area contributed by atoms with Gasteiger partial charge in [0.2, 0.25) is 0 Å². The number of aryl methyl sites for hydroxylation is 1. The van der Waals surface area contributed by atoms with Crippen LogP contribution in [0.15, 0.2) is 64.9 Å². The Kier molecular flexibility index (Phi) is 5.31. The number of nitrogens with zero attached hydrogens (tertiary/aromatic N) is 1. The van der Waals surface area contributed by atoms with Gasteiger partial charge in [-0.2, -0.15) is 0 Å². The van der Waals surface area contributed by atoms with Crippen LogP contribution in [0.5, 0.6) is 0 Å². The van der Waals surface area contributed by atoms with Crippen molar-refractivity contribution >= 4 is 33.0 Å². The van der Waals surface area contributed by atoms with Crippen molar-refractivity contribution in [2.45, 2.75) is 11.8 Å². The van der Waals surface area contributed by atoms with Gasteiger partial charge < -0.3 is 0 Å². The van der Waals surface area contributed by atoms with Crippen LogP contribution in [0.25, 0.3) is 11.1 Å². The molecule has 1 amide bonds. The summed E-state index contributed by atoms with van der Waals surface area (Å²) in [4.78, 5) is 12.2. The van der Waals surface area contributed by atoms with Crippen LogP contribution < -0.4 is 15.6 Å². The number of nitrogen functional groups attached to an aromatic ring is 1. The molecule has 0 radical (unpaired) electrons. The summed E-state index contributed by atoms with van der Waals surface area (Å²) >= 11 is 1.05. The van der Waals surface area contributed by atoms with E-state index < -0.39 is 15.9 Å². The molecule has 8 heteroatoms. The molecule has 3 N–H and O–H groups in total. The monoisotopic (exact) mass is 401 g/mol. The second-order valence-electron chi connectivity index (χ2n) is 5.96. The van der Waals surface area contributed by atoms with Gasteiger partial charge in [-0.1, -0.05) is 48.0 Å². The van der Waals surface area contributed by atoms with Crippen LogP contribution in [0.4, 0.5) is 5.69 Å². The van der Waals surface area contributed by atoms with Gasteiger partial charge in [-0.05, 0) is 24.6 Å². The highest BCUT2D eigenvalue weighted by Gasteiger charge is 2.32. The third kappa shape index (κ3) is 3.59. The number of carbonyl (C=O) groups excluding carboxylic acids is 1. The number of sulfonamides is 1. The first kappa shape index (κ1) is 19.1. The van der Waals surface area contributed by atoms with Gasteiger partial charge in [-0.25, -0.2) is 14.3 Å². The first-order valence-corrected chi connectivity index (χ1v) is 10.4. The molecule has 0 aliphatic carbocycles. The molecule has 0 saturated carbocycles. The maximum absolute atomic E-state index is 13.4. The molecule has 0 aliphatic heterocycles. The molecular weight excluding hydrogens is 382 g/mol. The Balaban J connectivity index is 2.19. The molecule has 0 bridgehead atoms. The zero-order chi connectivity index (χ0) is 19.6.